The van der Waals surface area contributed by atoms with Crippen LogP contribution in [0.1, 0.15) is 36.2 Å². The summed E-state index contributed by atoms with van der Waals surface area (Å²) in [4.78, 5) is 37.8. The van der Waals surface area contributed by atoms with Gasteiger partial charge in [0.05, 0.1) is 29.6 Å². The molecule has 1 fully saturated rings. The molecule has 1 saturated heterocycles. The molecule has 0 saturated carbocycles. The normalized spacial score (nSPS) is 21.7. The van der Waals surface area contributed by atoms with Gasteiger partial charge in [-0.15, -0.1) is 0 Å². The molecule has 0 bridgehead atoms. The van der Waals surface area contributed by atoms with Crippen molar-refractivity contribution in [1.29, 1.82) is 0 Å². The highest BCUT2D eigenvalue weighted by molar-refractivity contribution is 5.77. The van der Waals surface area contributed by atoms with E-state index in [4.69, 9.17) is 14.1 Å². The van der Waals surface area contributed by atoms with Crippen LogP contribution in [0.5, 0.6) is 0 Å². The molecule has 0 spiro atoms. The summed E-state index contributed by atoms with van der Waals surface area (Å²) in [6, 6.07) is 5.63. The first-order chi connectivity index (χ1) is 15.4. The van der Waals surface area contributed by atoms with Crippen molar-refractivity contribution in [1.82, 2.24) is 14.9 Å². The first kappa shape index (κ1) is 20.9. The SMILES string of the molecule is Cc1ccc2occ(CN3CCc4c(nc(N5C[C@@H](C)O[C@H](C)C5)[nH]c4=O)C3)c(=O)c2c1. The summed E-state index contributed by atoms with van der Waals surface area (Å²) in [5, 5.41) is 0.604. The summed E-state index contributed by atoms with van der Waals surface area (Å²) in [5.74, 6) is 0.596. The Kier molecular flexibility index (Phi) is 5.35. The Labute approximate surface area is 185 Å². The van der Waals surface area contributed by atoms with Gasteiger partial charge in [-0.3, -0.25) is 19.5 Å². The molecular formula is C24H28N4O4. The molecule has 168 valence electrons. The van der Waals surface area contributed by atoms with Crippen LogP contribution >= 0.6 is 0 Å². The molecule has 1 N–H and O–H groups in total. The number of aromatic nitrogens is 2. The lowest BCUT2D eigenvalue weighted by Gasteiger charge is -2.36. The maximum Gasteiger partial charge on any atom is 0.255 e. The van der Waals surface area contributed by atoms with Gasteiger partial charge in [0.15, 0.2) is 5.43 Å². The Balaban J connectivity index is 1.40. The van der Waals surface area contributed by atoms with E-state index in [0.29, 0.717) is 61.6 Å². The van der Waals surface area contributed by atoms with Crippen LogP contribution in [-0.4, -0.2) is 46.7 Å². The van der Waals surface area contributed by atoms with Gasteiger partial charge in [-0.05, 0) is 39.3 Å². The zero-order valence-corrected chi connectivity index (χ0v) is 18.7. The molecule has 2 atom stereocenters. The lowest BCUT2D eigenvalue weighted by atomic mass is 10.1. The van der Waals surface area contributed by atoms with Gasteiger partial charge in [0.1, 0.15) is 5.58 Å². The third-order valence-corrected chi connectivity index (χ3v) is 6.25. The van der Waals surface area contributed by atoms with Crippen LogP contribution in [0.25, 0.3) is 11.0 Å². The summed E-state index contributed by atoms with van der Waals surface area (Å²) in [6.45, 7) is 9.06. The number of benzene rings is 1. The van der Waals surface area contributed by atoms with E-state index in [0.717, 1.165) is 16.8 Å². The zero-order chi connectivity index (χ0) is 22.4. The molecule has 4 heterocycles. The van der Waals surface area contributed by atoms with E-state index < -0.39 is 0 Å². The highest BCUT2D eigenvalue weighted by Gasteiger charge is 2.27. The third kappa shape index (κ3) is 3.96. The minimum absolute atomic E-state index is 0.00315. The van der Waals surface area contributed by atoms with E-state index >= 15 is 0 Å². The molecule has 0 unspecified atom stereocenters. The number of aromatic amines is 1. The van der Waals surface area contributed by atoms with Gasteiger partial charge in [-0.1, -0.05) is 11.6 Å². The van der Waals surface area contributed by atoms with Gasteiger partial charge in [0, 0.05) is 43.9 Å². The van der Waals surface area contributed by atoms with Crippen molar-refractivity contribution in [2.24, 2.45) is 0 Å². The molecule has 0 aliphatic carbocycles. The quantitative estimate of drug-likeness (QED) is 0.674. The van der Waals surface area contributed by atoms with Crippen LogP contribution in [0.15, 0.2) is 38.5 Å². The second kappa shape index (κ2) is 8.18. The fraction of sp³-hybridized carbons (Fsp3) is 0.458. The van der Waals surface area contributed by atoms with Crippen LogP contribution in [0, 0.1) is 6.92 Å². The van der Waals surface area contributed by atoms with Crippen LogP contribution in [0.2, 0.25) is 0 Å². The molecule has 0 radical (unpaired) electrons. The number of morpholine rings is 1. The van der Waals surface area contributed by atoms with Crippen LogP contribution < -0.4 is 15.9 Å². The van der Waals surface area contributed by atoms with E-state index in [9.17, 15) is 9.59 Å². The van der Waals surface area contributed by atoms with Crippen LogP contribution in [0.3, 0.4) is 0 Å². The minimum atomic E-state index is -0.0721. The van der Waals surface area contributed by atoms with Crippen molar-refractivity contribution in [3.63, 3.8) is 0 Å². The smallest absolute Gasteiger partial charge is 0.255 e. The summed E-state index contributed by atoms with van der Waals surface area (Å²) >= 11 is 0. The second-order valence-electron chi connectivity index (χ2n) is 9.03. The second-order valence-corrected chi connectivity index (χ2v) is 9.03. The predicted molar refractivity (Wildman–Crippen MR) is 122 cm³/mol. The predicted octanol–water partition coefficient (Wildman–Crippen LogP) is 2.36. The largest absolute Gasteiger partial charge is 0.464 e. The fourth-order valence-corrected chi connectivity index (χ4v) is 4.75. The average molecular weight is 437 g/mol. The Hall–Kier alpha value is -2.97. The number of aryl methyl sites for hydroxylation is 1. The summed E-state index contributed by atoms with van der Waals surface area (Å²) in [5.41, 5.74) is 3.68. The Bertz CT molecular complexity index is 1270. The summed E-state index contributed by atoms with van der Waals surface area (Å²) < 4.78 is 11.5. The highest BCUT2D eigenvalue weighted by atomic mass is 16.5. The van der Waals surface area contributed by atoms with Gasteiger partial charge in [-0.25, -0.2) is 4.98 Å². The Morgan fingerprint density at radius 1 is 1.19 bits per heavy atom. The molecule has 8 heteroatoms. The number of fused-ring (bicyclic) bond motifs is 2. The molecule has 0 amide bonds. The van der Waals surface area contributed by atoms with Crippen molar-refractivity contribution < 1.29 is 9.15 Å². The molecule has 8 nitrogen and oxygen atoms in total. The number of H-pyrrole nitrogens is 1. The van der Waals surface area contributed by atoms with E-state index in [1.807, 2.05) is 39.0 Å². The topological polar surface area (TPSA) is 91.7 Å². The molecule has 2 aromatic heterocycles. The minimum Gasteiger partial charge on any atom is -0.464 e. The van der Waals surface area contributed by atoms with Crippen molar-refractivity contribution in [2.75, 3.05) is 24.5 Å². The molecule has 3 aromatic rings. The summed E-state index contributed by atoms with van der Waals surface area (Å²) in [6.07, 6.45) is 2.31. The van der Waals surface area contributed by atoms with Crippen LogP contribution in [-0.2, 0) is 24.2 Å². The molecule has 2 aliphatic heterocycles. The van der Waals surface area contributed by atoms with Gasteiger partial charge >= 0.3 is 0 Å². The van der Waals surface area contributed by atoms with Crippen molar-refractivity contribution in [3.05, 3.63) is 67.4 Å². The Morgan fingerprint density at radius 2 is 1.97 bits per heavy atom. The zero-order valence-electron chi connectivity index (χ0n) is 18.7. The lowest BCUT2D eigenvalue weighted by Crippen LogP contribution is -2.47. The van der Waals surface area contributed by atoms with Gasteiger partial charge in [0.2, 0.25) is 5.95 Å². The van der Waals surface area contributed by atoms with Gasteiger partial charge in [0.25, 0.3) is 5.56 Å². The number of nitrogens with one attached hydrogen (secondary N) is 1. The van der Waals surface area contributed by atoms with Gasteiger partial charge < -0.3 is 14.1 Å². The van der Waals surface area contributed by atoms with Crippen molar-refractivity contribution >= 4 is 16.9 Å². The maximum absolute atomic E-state index is 13.0. The van der Waals surface area contributed by atoms with E-state index in [2.05, 4.69) is 14.8 Å². The number of hydrogen-bond donors (Lipinski definition) is 1. The standard InChI is InChI=1S/C24H28N4O4/c1-14-4-5-21-19(8-14)22(29)17(13-31-21)11-27-7-6-18-20(12-27)25-24(26-23(18)30)28-9-15(2)32-16(3)10-28/h4-5,8,13,15-16H,6-7,9-12H2,1-3H3,(H,25,26,30)/t15-,16-/m1/s1. The van der Waals surface area contributed by atoms with Crippen molar-refractivity contribution in [2.45, 2.75) is 52.5 Å². The first-order valence-electron chi connectivity index (χ1n) is 11.1. The lowest BCUT2D eigenvalue weighted by molar-refractivity contribution is -0.00576. The first-order valence-corrected chi connectivity index (χ1v) is 11.1. The number of anilines is 1. The maximum atomic E-state index is 13.0. The van der Waals surface area contributed by atoms with E-state index in [1.54, 1.807) is 6.26 Å². The summed E-state index contributed by atoms with van der Waals surface area (Å²) in [7, 11) is 0. The van der Waals surface area contributed by atoms with E-state index in [1.165, 1.54) is 0 Å². The fourth-order valence-electron chi connectivity index (χ4n) is 4.75. The molecule has 1 aromatic carbocycles. The Morgan fingerprint density at radius 3 is 2.75 bits per heavy atom. The van der Waals surface area contributed by atoms with Crippen LogP contribution in [0.4, 0.5) is 5.95 Å². The van der Waals surface area contributed by atoms with E-state index in [-0.39, 0.29) is 23.2 Å². The average Bonchev–Trinajstić information content (AvgIpc) is 2.75. The molecule has 2 aliphatic rings. The number of rotatable bonds is 3. The molecule has 32 heavy (non-hydrogen) atoms. The monoisotopic (exact) mass is 436 g/mol. The van der Waals surface area contributed by atoms with Crippen molar-refractivity contribution in [3.8, 4) is 0 Å². The number of ether oxygens (including phenoxy) is 1. The third-order valence-electron chi connectivity index (χ3n) is 6.25. The van der Waals surface area contributed by atoms with Gasteiger partial charge in [-0.2, -0.15) is 0 Å². The number of nitrogens with zero attached hydrogens (tertiary/aromatic N) is 3. The molecular weight excluding hydrogens is 408 g/mol. The highest BCUT2D eigenvalue weighted by Crippen LogP contribution is 2.21. The number of hydrogen-bond acceptors (Lipinski definition) is 7. The molecule has 5 rings (SSSR count).